The van der Waals surface area contributed by atoms with Gasteiger partial charge in [0.2, 0.25) is 0 Å². The highest BCUT2D eigenvalue weighted by Crippen LogP contribution is 2.10. The molecule has 0 rings (SSSR count). The van der Waals surface area contributed by atoms with Crippen LogP contribution in [0.4, 0.5) is 0 Å². The van der Waals surface area contributed by atoms with E-state index >= 15 is 0 Å². The van der Waals surface area contributed by atoms with Crippen molar-refractivity contribution in [2.45, 2.75) is 33.1 Å². The Labute approximate surface area is 74.9 Å². The van der Waals surface area contributed by atoms with Gasteiger partial charge >= 0.3 is 0 Å². The molecule has 0 saturated carbocycles. The van der Waals surface area contributed by atoms with E-state index in [0.717, 1.165) is 24.8 Å². The second-order valence-corrected chi connectivity index (χ2v) is 3.40. The molecule has 0 aromatic heterocycles. The molecule has 0 fully saturated rings. The summed E-state index contributed by atoms with van der Waals surface area (Å²) in [7, 11) is 0. The van der Waals surface area contributed by atoms with Crippen molar-refractivity contribution in [3.05, 3.63) is 11.6 Å². The van der Waals surface area contributed by atoms with Crippen LogP contribution < -0.4 is 0 Å². The van der Waals surface area contributed by atoms with E-state index in [4.69, 9.17) is 10.2 Å². The van der Waals surface area contributed by atoms with Gasteiger partial charge in [0.05, 0.1) is 6.61 Å². The van der Waals surface area contributed by atoms with E-state index in [1.165, 1.54) is 0 Å². The van der Waals surface area contributed by atoms with Crippen molar-refractivity contribution in [1.29, 1.82) is 0 Å². The molecule has 1 unspecified atom stereocenters. The van der Waals surface area contributed by atoms with Crippen LogP contribution in [-0.4, -0.2) is 23.4 Å². The first-order valence-corrected chi connectivity index (χ1v) is 4.58. The average Bonchev–Trinajstić information content (AvgIpc) is 2.04. The SMILES string of the molecule is C/C(=C/CCC(C)CCO)CO. The molecule has 72 valence electrons. The van der Waals surface area contributed by atoms with Crippen molar-refractivity contribution in [3.63, 3.8) is 0 Å². The van der Waals surface area contributed by atoms with Gasteiger partial charge in [0, 0.05) is 6.61 Å². The van der Waals surface area contributed by atoms with E-state index in [2.05, 4.69) is 13.0 Å². The van der Waals surface area contributed by atoms with Gasteiger partial charge in [-0.05, 0) is 32.1 Å². The molecular weight excluding hydrogens is 152 g/mol. The summed E-state index contributed by atoms with van der Waals surface area (Å²) in [6.45, 7) is 4.51. The highest BCUT2D eigenvalue weighted by molar-refractivity contribution is 4.97. The zero-order chi connectivity index (χ0) is 9.40. The Hall–Kier alpha value is -0.340. The van der Waals surface area contributed by atoms with Gasteiger partial charge < -0.3 is 10.2 Å². The quantitative estimate of drug-likeness (QED) is 0.599. The summed E-state index contributed by atoms with van der Waals surface area (Å²) in [6.07, 6.45) is 5.05. The maximum absolute atomic E-state index is 8.70. The predicted molar refractivity (Wildman–Crippen MR) is 50.9 cm³/mol. The minimum atomic E-state index is 0.161. The maximum Gasteiger partial charge on any atom is 0.0639 e. The van der Waals surface area contributed by atoms with Crippen LogP contribution in [0.2, 0.25) is 0 Å². The first kappa shape index (κ1) is 11.7. The van der Waals surface area contributed by atoms with Gasteiger partial charge in [-0.3, -0.25) is 0 Å². The Morgan fingerprint density at radius 1 is 1.33 bits per heavy atom. The summed E-state index contributed by atoms with van der Waals surface area (Å²) in [5.41, 5.74) is 1.03. The molecule has 0 aromatic rings. The third-order valence-corrected chi connectivity index (χ3v) is 2.02. The summed E-state index contributed by atoms with van der Waals surface area (Å²) in [4.78, 5) is 0. The molecule has 0 aromatic carbocycles. The van der Waals surface area contributed by atoms with Crippen molar-refractivity contribution in [3.8, 4) is 0 Å². The fourth-order valence-electron chi connectivity index (χ4n) is 1.04. The van der Waals surface area contributed by atoms with Crippen LogP contribution in [0, 0.1) is 5.92 Å². The Balaban J connectivity index is 3.41. The molecule has 0 aliphatic rings. The average molecular weight is 172 g/mol. The third-order valence-electron chi connectivity index (χ3n) is 2.02. The molecule has 0 aliphatic carbocycles. The normalized spacial score (nSPS) is 14.8. The monoisotopic (exact) mass is 172 g/mol. The molecule has 0 saturated heterocycles. The Morgan fingerprint density at radius 3 is 2.50 bits per heavy atom. The van der Waals surface area contributed by atoms with Crippen molar-refractivity contribution in [2.75, 3.05) is 13.2 Å². The molecule has 2 nitrogen and oxygen atoms in total. The van der Waals surface area contributed by atoms with E-state index in [1.807, 2.05) is 6.92 Å². The van der Waals surface area contributed by atoms with Crippen molar-refractivity contribution < 1.29 is 10.2 Å². The minimum absolute atomic E-state index is 0.161. The van der Waals surface area contributed by atoms with Gasteiger partial charge in [0.25, 0.3) is 0 Å². The molecular formula is C10H20O2. The van der Waals surface area contributed by atoms with E-state index in [-0.39, 0.29) is 13.2 Å². The van der Waals surface area contributed by atoms with E-state index in [1.54, 1.807) is 0 Å². The van der Waals surface area contributed by atoms with Crippen LogP contribution in [0.15, 0.2) is 11.6 Å². The molecule has 0 spiro atoms. The number of allylic oxidation sites excluding steroid dienone is 1. The zero-order valence-electron chi connectivity index (χ0n) is 8.08. The zero-order valence-corrected chi connectivity index (χ0v) is 8.08. The summed E-state index contributed by atoms with van der Waals surface area (Å²) in [6, 6.07) is 0. The summed E-state index contributed by atoms with van der Waals surface area (Å²) in [5, 5.41) is 17.3. The van der Waals surface area contributed by atoms with Gasteiger partial charge in [0.1, 0.15) is 0 Å². The lowest BCUT2D eigenvalue weighted by molar-refractivity contribution is 0.259. The van der Waals surface area contributed by atoms with Crippen molar-refractivity contribution >= 4 is 0 Å². The fourth-order valence-corrected chi connectivity index (χ4v) is 1.04. The van der Waals surface area contributed by atoms with E-state index in [0.29, 0.717) is 5.92 Å². The molecule has 12 heavy (non-hydrogen) atoms. The lowest BCUT2D eigenvalue weighted by atomic mass is 10.0. The van der Waals surface area contributed by atoms with Crippen LogP contribution >= 0.6 is 0 Å². The van der Waals surface area contributed by atoms with Gasteiger partial charge in [-0.25, -0.2) is 0 Å². The predicted octanol–water partition coefficient (Wildman–Crippen LogP) is 1.72. The maximum atomic E-state index is 8.70. The van der Waals surface area contributed by atoms with E-state index < -0.39 is 0 Å². The van der Waals surface area contributed by atoms with Crippen LogP contribution in [-0.2, 0) is 0 Å². The molecule has 0 heterocycles. The highest BCUT2D eigenvalue weighted by Gasteiger charge is 1.98. The fraction of sp³-hybridized carbons (Fsp3) is 0.800. The van der Waals surface area contributed by atoms with Gasteiger partial charge in [-0.2, -0.15) is 0 Å². The molecule has 0 amide bonds. The number of hydrogen-bond donors (Lipinski definition) is 2. The molecule has 2 heteroatoms. The molecule has 1 atom stereocenters. The molecule has 0 bridgehead atoms. The summed E-state index contributed by atoms with van der Waals surface area (Å²) in [5.74, 6) is 0.581. The number of hydrogen-bond acceptors (Lipinski definition) is 2. The number of aliphatic hydroxyl groups is 2. The Morgan fingerprint density at radius 2 is 2.00 bits per heavy atom. The topological polar surface area (TPSA) is 40.5 Å². The van der Waals surface area contributed by atoms with Gasteiger partial charge in [-0.1, -0.05) is 18.6 Å². The van der Waals surface area contributed by atoms with Crippen LogP contribution in [0.3, 0.4) is 0 Å². The summed E-state index contributed by atoms with van der Waals surface area (Å²) >= 11 is 0. The standard InChI is InChI=1S/C10H20O2/c1-9(6-7-11)4-3-5-10(2)8-12/h5,9,11-12H,3-4,6-8H2,1-2H3/b10-5-. The lowest BCUT2D eigenvalue weighted by Crippen LogP contribution is -1.97. The second-order valence-electron chi connectivity index (χ2n) is 3.40. The molecule has 2 N–H and O–H groups in total. The second kappa shape index (κ2) is 7.32. The van der Waals surface area contributed by atoms with Crippen LogP contribution in [0.25, 0.3) is 0 Å². The van der Waals surface area contributed by atoms with Crippen LogP contribution in [0.1, 0.15) is 33.1 Å². The highest BCUT2D eigenvalue weighted by atomic mass is 16.3. The van der Waals surface area contributed by atoms with Crippen LogP contribution in [0.5, 0.6) is 0 Å². The smallest absolute Gasteiger partial charge is 0.0639 e. The Bertz CT molecular complexity index is 130. The van der Waals surface area contributed by atoms with Gasteiger partial charge in [-0.15, -0.1) is 0 Å². The largest absolute Gasteiger partial charge is 0.396 e. The molecule has 0 aliphatic heterocycles. The number of rotatable bonds is 6. The third kappa shape index (κ3) is 6.38. The number of aliphatic hydroxyl groups excluding tert-OH is 2. The first-order chi connectivity index (χ1) is 5.70. The Kier molecular flexibility index (Phi) is 7.11. The molecule has 0 radical (unpaired) electrons. The lowest BCUT2D eigenvalue weighted by Gasteiger charge is -2.06. The van der Waals surface area contributed by atoms with Gasteiger partial charge in [0.15, 0.2) is 0 Å². The van der Waals surface area contributed by atoms with Crippen molar-refractivity contribution in [2.24, 2.45) is 5.92 Å². The minimum Gasteiger partial charge on any atom is -0.396 e. The van der Waals surface area contributed by atoms with Crippen molar-refractivity contribution in [1.82, 2.24) is 0 Å². The van der Waals surface area contributed by atoms with E-state index in [9.17, 15) is 0 Å². The first-order valence-electron chi connectivity index (χ1n) is 4.58. The summed E-state index contributed by atoms with van der Waals surface area (Å²) < 4.78 is 0.